The zero-order valence-electron chi connectivity index (χ0n) is 20.6. The van der Waals surface area contributed by atoms with Crippen LogP contribution in [-0.4, -0.2) is 27.4 Å². The van der Waals surface area contributed by atoms with E-state index >= 15 is 0 Å². The van der Waals surface area contributed by atoms with Gasteiger partial charge in [0.25, 0.3) is 0 Å². The predicted octanol–water partition coefficient (Wildman–Crippen LogP) is 6.35. The number of fused-ring (bicyclic) bond motifs is 1. The van der Waals surface area contributed by atoms with Crippen molar-refractivity contribution in [3.63, 3.8) is 0 Å². The van der Waals surface area contributed by atoms with Crippen LogP contribution in [0.3, 0.4) is 0 Å². The number of benzene rings is 1. The van der Waals surface area contributed by atoms with E-state index in [1.54, 1.807) is 0 Å². The first-order valence-electron chi connectivity index (χ1n) is 12.1. The molecule has 0 aliphatic heterocycles. The van der Waals surface area contributed by atoms with Crippen LogP contribution in [0.15, 0.2) is 23.8 Å². The van der Waals surface area contributed by atoms with Crippen molar-refractivity contribution in [1.29, 1.82) is 0 Å². The Bertz CT molecular complexity index is 1000. The van der Waals surface area contributed by atoms with Crippen LogP contribution in [0.25, 0.3) is 0 Å². The molecule has 0 amide bonds. The zero-order valence-corrected chi connectivity index (χ0v) is 20.6. The number of aldehydes is 1. The van der Waals surface area contributed by atoms with E-state index in [9.17, 15) is 24.9 Å². The number of hydrogen-bond donors (Lipinski definition) is 3. The van der Waals surface area contributed by atoms with Crippen molar-refractivity contribution in [2.24, 2.45) is 29.1 Å². The maximum atomic E-state index is 12.8. The fourth-order valence-electron chi connectivity index (χ4n) is 5.97. The van der Waals surface area contributed by atoms with E-state index in [-0.39, 0.29) is 40.4 Å². The third kappa shape index (κ3) is 4.47. The molecule has 3 N–H and O–H groups in total. The van der Waals surface area contributed by atoms with Gasteiger partial charge in [0.1, 0.15) is 22.8 Å². The van der Waals surface area contributed by atoms with Crippen LogP contribution >= 0.6 is 0 Å². The van der Waals surface area contributed by atoms with Crippen LogP contribution in [0.4, 0.5) is 0 Å². The molecule has 180 valence electrons. The predicted molar refractivity (Wildman–Crippen MR) is 130 cm³/mol. The van der Waals surface area contributed by atoms with Crippen LogP contribution in [0.2, 0.25) is 0 Å². The molecular formula is C28H38O5. The first kappa shape index (κ1) is 25.1. The summed E-state index contributed by atoms with van der Waals surface area (Å²) in [6.45, 7) is 14.5. The van der Waals surface area contributed by atoms with Gasteiger partial charge in [-0.3, -0.25) is 9.59 Å². The number of hydrogen-bond acceptors (Lipinski definition) is 5. The van der Waals surface area contributed by atoms with E-state index < -0.39 is 23.0 Å². The Morgan fingerprint density at radius 1 is 1.18 bits per heavy atom. The van der Waals surface area contributed by atoms with Gasteiger partial charge in [-0.15, -0.1) is 0 Å². The second kappa shape index (κ2) is 9.36. The van der Waals surface area contributed by atoms with Crippen LogP contribution < -0.4 is 0 Å². The molecule has 1 aromatic rings. The molecule has 0 heterocycles. The number of Topliss-reactive ketones (excluding diaryl/α,β-unsaturated/α-hetero) is 1. The lowest BCUT2D eigenvalue weighted by Gasteiger charge is -2.50. The summed E-state index contributed by atoms with van der Waals surface area (Å²) in [6, 6.07) is 0. The minimum absolute atomic E-state index is 0.0168. The molecule has 4 atom stereocenters. The van der Waals surface area contributed by atoms with E-state index in [1.165, 1.54) is 5.57 Å². The molecule has 0 radical (unpaired) electrons. The Hall–Kier alpha value is -2.56. The smallest absolute Gasteiger partial charge is 0.170 e. The molecule has 0 aromatic heterocycles. The monoisotopic (exact) mass is 454 g/mol. The van der Waals surface area contributed by atoms with Gasteiger partial charge in [-0.1, -0.05) is 51.5 Å². The van der Waals surface area contributed by atoms with Gasteiger partial charge in [-0.2, -0.15) is 0 Å². The molecule has 5 nitrogen and oxygen atoms in total. The number of phenols is 3. The lowest BCUT2D eigenvalue weighted by Crippen LogP contribution is -2.40. The summed E-state index contributed by atoms with van der Waals surface area (Å²) < 4.78 is 0. The van der Waals surface area contributed by atoms with Crippen molar-refractivity contribution in [1.82, 2.24) is 0 Å². The van der Waals surface area contributed by atoms with Gasteiger partial charge in [0.05, 0.1) is 5.56 Å². The van der Waals surface area contributed by atoms with Crippen molar-refractivity contribution in [3.8, 4) is 17.2 Å². The van der Waals surface area contributed by atoms with Gasteiger partial charge in [-0.05, 0) is 68.1 Å². The maximum Gasteiger partial charge on any atom is 0.170 e. The van der Waals surface area contributed by atoms with Crippen molar-refractivity contribution >= 4 is 12.1 Å². The lowest BCUT2D eigenvalue weighted by molar-refractivity contribution is 0.0961. The zero-order chi connectivity index (χ0) is 24.7. The highest BCUT2D eigenvalue weighted by atomic mass is 16.3. The van der Waals surface area contributed by atoms with Crippen molar-refractivity contribution < 1.29 is 24.9 Å². The van der Waals surface area contributed by atoms with E-state index in [0.29, 0.717) is 24.5 Å². The standard InChI is InChI=1S/C28H38O5/c1-15(2)11-23(30)24-26(32)20(25(31)21(14-29)27(24)33)13-19-8-7-17(5)22-12-18(16(3)4)9-10-28(19,22)6/h12,14-15,17-19,31-33H,3,7-11,13H2,1-2,4-6H3/t17-,18-,19-,28-/m0/s1. The Kier molecular flexibility index (Phi) is 7.11. The molecule has 2 aliphatic carbocycles. The number of rotatable bonds is 7. The average Bonchev–Trinajstić information content (AvgIpc) is 2.72. The first-order chi connectivity index (χ1) is 15.4. The van der Waals surface area contributed by atoms with Crippen LogP contribution in [0, 0.1) is 29.1 Å². The van der Waals surface area contributed by atoms with Gasteiger partial charge in [-0.25, -0.2) is 0 Å². The fraction of sp³-hybridized carbons (Fsp3) is 0.571. The minimum Gasteiger partial charge on any atom is -0.507 e. The fourth-order valence-corrected chi connectivity index (χ4v) is 5.97. The van der Waals surface area contributed by atoms with Crippen molar-refractivity contribution in [2.75, 3.05) is 0 Å². The molecule has 2 aliphatic rings. The van der Waals surface area contributed by atoms with Gasteiger partial charge in [0.15, 0.2) is 12.1 Å². The van der Waals surface area contributed by atoms with Gasteiger partial charge in [0, 0.05) is 12.0 Å². The van der Waals surface area contributed by atoms with Crippen LogP contribution in [0.5, 0.6) is 17.2 Å². The summed E-state index contributed by atoms with van der Waals surface area (Å²) in [5, 5.41) is 32.4. The van der Waals surface area contributed by atoms with Gasteiger partial charge < -0.3 is 15.3 Å². The molecule has 1 saturated carbocycles. The normalized spacial score (nSPS) is 27.1. The largest absolute Gasteiger partial charge is 0.507 e. The third-order valence-electron chi connectivity index (χ3n) is 8.02. The Balaban J connectivity index is 2.07. The highest BCUT2D eigenvalue weighted by Crippen LogP contribution is 2.56. The number of carbonyl (C=O) groups excluding carboxylic acids is 2. The Morgan fingerprint density at radius 3 is 2.42 bits per heavy atom. The van der Waals surface area contributed by atoms with E-state index in [2.05, 4.69) is 33.4 Å². The highest BCUT2D eigenvalue weighted by molar-refractivity contribution is 6.05. The SMILES string of the molecule is C=C(C)[C@@H]1C=C2[C@@H](C)CC[C@@H](Cc3c(O)c(C=O)c(O)c(C(=O)CC(C)C)c3O)[C@]2(C)CC1. The molecule has 0 bridgehead atoms. The van der Waals surface area contributed by atoms with Crippen molar-refractivity contribution in [3.05, 3.63) is 40.5 Å². The van der Waals surface area contributed by atoms with Crippen molar-refractivity contribution in [2.45, 2.75) is 73.1 Å². The Labute approximate surface area is 197 Å². The molecule has 0 saturated heterocycles. The van der Waals surface area contributed by atoms with Crippen LogP contribution in [0.1, 0.15) is 93.0 Å². The average molecular weight is 455 g/mol. The number of aromatic hydroxyl groups is 3. The summed E-state index contributed by atoms with van der Waals surface area (Å²) in [7, 11) is 0. The molecule has 0 spiro atoms. The number of carbonyl (C=O) groups is 2. The summed E-state index contributed by atoms with van der Waals surface area (Å²) >= 11 is 0. The number of phenolic OH excluding ortho intramolecular Hbond substituents is 3. The second-order valence-electron chi connectivity index (χ2n) is 10.9. The van der Waals surface area contributed by atoms with Gasteiger partial charge in [0.2, 0.25) is 0 Å². The third-order valence-corrected chi connectivity index (χ3v) is 8.02. The number of allylic oxidation sites excluding steroid dienone is 3. The van der Waals surface area contributed by atoms with Gasteiger partial charge >= 0.3 is 0 Å². The summed E-state index contributed by atoms with van der Waals surface area (Å²) in [6.07, 6.45) is 7.07. The molecular weight excluding hydrogens is 416 g/mol. The summed E-state index contributed by atoms with van der Waals surface area (Å²) in [5.74, 6) is -0.941. The second-order valence-corrected chi connectivity index (χ2v) is 10.9. The molecule has 1 aromatic carbocycles. The molecule has 1 fully saturated rings. The first-order valence-corrected chi connectivity index (χ1v) is 12.1. The highest BCUT2D eigenvalue weighted by Gasteiger charge is 2.46. The van der Waals surface area contributed by atoms with E-state index in [0.717, 1.165) is 31.3 Å². The maximum absolute atomic E-state index is 12.8. The van der Waals surface area contributed by atoms with E-state index in [4.69, 9.17) is 0 Å². The molecule has 3 rings (SSSR count). The Morgan fingerprint density at radius 2 is 1.85 bits per heavy atom. The summed E-state index contributed by atoms with van der Waals surface area (Å²) in [5.41, 5.74) is 2.06. The number of ketones is 1. The van der Waals surface area contributed by atoms with Crippen LogP contribution in [-0.2, 0) is 6.42 Å². The minimum atomic E-state index is -0.638. The summed E-state index contributed by atoms with van der Waals surface area (Å²) in [4.78, 5) is 24.5. The molecule has 5 heteroatoms. The lowest BCUT2D eigenvalue weighted by atomic mass is 9.54. The topological polar surface area (TPSA) is 94.8 Å². The molecule has 33 heavy (non-hydrogen) atoms. The molecule has 0 unspecified atom stereocenters. The quantitative estimate of drug-likeness (QED) is 0.253. The van der Waals surface area contributed by atoms with E-state index in [1.807, 2.05) is 13.8 Å².